The van der Waals surface area contributed by atoms with Crippen LogP contribution in [0.3, 0.4) is 0 Å². The summed E-state index contributed by atoms with van der Waals surface area (Å²) in [5.41, 5.74) is 6.22. The second-order valence-electron chi connectivity index (χ2n) is 3.31. The molecule has 1 rings (SSSR count). The zero-order valence-electron chi connectivity index (χ0n) is 9.53. The smallest absolute Gasteiger partial charge is 0.343 e. The molecule has 1 heterocycles. The molecule has 88 valence electrons. The number of esters is 1. The predicted octanol–water partition coefficient (Wildman–Crippen LogP) is 1.63. The number of ether oxygens (including phenoxy) is 2. The monoisotopic (exact) mass is 224 g/mol. The summed E-state index contributed by atoms with van der Waals surface area (Å²) in [6, 6.07) is 1.50. The summed E-state index contributed by atoms with van der Waals surface area (Å²) in [6.07, 6.45) is 3.38. The van der Waals surface area contributed by atoms with E-state index in [1.54, 1.807) is 0 Å². The van der Waals surface area contributed by atoms with Crippen LogP contribution in [0.4, 0.5) is 5.69 Å². The number of carbonyl (C=O) groups is 1. The van der Waals surface area contributed by atoms with Crippen molar-refractivity contribution >= 4 is 11.7 Å². The number of hydrogen-bond donors (Lipinski definition) is 1. The van der Waals surface area contributed by atoms with Gasteiger partial charge in [-0.05, 0) is 12.5 Å². The van der Waals surface area contributed by atoms with Crippen LogP contribution in [0.25, 0.3) is 0 Å². The van der Waals surface area contributed by atoms with Gasteiger partial charge >= 0.3 is 5.97 Å². The molecular weight excluding hydrogens is 208 g/mol. The Hall–Kier alpha value is -1.78. The average Bonchev–Trinajstić information content (AvgIpc) is 2.30. The molecule has 1 aromatic heterocycles. The molecule has 0 saturated carbocycles. The molecule has 0 aliphatic carbocycles. The molecule has 0 saturated heterocycles. The Labute approximate surface area is 94.6 Å². The number of unbranched alkanes of at least 4 members (excludes halogenated alkanes) is 1. The summed E-state index contributed by atoms with van der Waals surface area (Å²) < 4.78 is 10.0. The van der Waals surface area contributed by atoms with Gasteiger partial charge in [-0.1, -0.05) is 13.3 Å². The zero-order chi connectivity index (χ0) is 12.0. The second kappa shape index (κ2) is 5.95. The maximum Gasteiger partial charge on any atom is 0.343 e. The molecule has 1 aromatic rings. The van der Waals surface area contributed by atoms with E-state index in [-0.39, 0.29) is 11.4 Å². The van der Waals surface area contributed by atoms with Crippen LogP contribution in [0.15, 0.2) is 12.3 Å². The molecule has 0 amide bonds. The van der Waals surface area contributed by atoms with E-state index in [0.29, 0.717) is 12.3 Å². The fourth-order valence-corrected chi connectivity index (χ4v) is 1.15. The highest BCUT2D eigenvalue weighted by Gasteiger charge is 2.14. The van der Waals surface area contributed by atoms with Gasteiger partial charge in [0.1, 0.15) is 5.56 Å². The highest BCUT2D eigenvalue weighted by molar-refractivity contribution is 5.92. The molecule has 5 heteroatoms. The SMILES string of the molecule is CCCCOc1ncc(N)cc1C(=O)OC. The predicted molar refractivity (Wildman–Crippen MR) is 60.4 cm³/mol. The highest BCUT2D eigenvalue weighted by Crippen LogP contribution is 2.19. The van der Waals surface area contributed by atoms with E-state index >= 15 is 0 Å². The third kappa shape index (κ3) is 3.12. The van der Waals surface area contributed by atoms with Crippen molar-refractivity contribution in [3.05, 3.63) is 17.8 Å². The first-order valence-corrected chi connectivity index (χ1v) is 5.15. The molecule has 0 unspecified atom stereocenters. The van der Waals surface area contributed by atoms with E-state index in [4.69, 9.17) is 10.5 Å². The number of anilines is 1. The van der Waals surface area contributed by atoms with E-state index in [9.17, 15) is 4.79 Å². The van der Waals surface area contributed by atoms with Crippen molar-refractivity contribution in [3.8, 4) is 5.88 Å². The summed E-state index contributed by atoms with van der Waals surface area (Å²) in [5, 5.41) is 0. The van der Waals surface area contributed by atoms with Crippen molar-refractivity contribution in [1.29, 1.82) is 0 Å². The van der Waals surface area contributed by atoms with Crippen LogP contribution < -0.4 is 10.5 Å². The van der Waals surface area contributed by atoms with Crippen molar-refractivity contribution in [2.75, 3.05) is 19.5 Å². The van der Waals surface area contributed by atoms with Gasteiger partial charge in [0, 0.05) is 0 Å². The Morgan fingerprint density at radius 1 is 1.56 bits per heavy atom. The zero-order valence-corrected chi connectivity index (χ0v) is 9.53. The number of pyridine rings is 1. The molecule has 0 atom stereocenters. The molecule has 0 bridgehead atoms. The van der Waals surface area contributed by atoms with Crippen LogP contribution in [-0.4, -0.2) is 24.7 Å². The Morgan fingerprint density at radius 3 is 2.94 bits per heavy atom. The highest BCUT2D eigenvalue weighted by atomic mass is 16.5. The van der Waals surface area contributed by atoms with Gasteiger partial charge in [-0.3, -0.25) is 0 Å². The lowest BCUT2D eigenvalue weighted by molar-refractivity contribution is 0.0595. The standard InChI is InChI=1S/C11H16N2O3/c1-3-4-5-16-10-9(11(14)15-2)6-8(12)7-13-10/h6-7H,3-5,12H2,1-2H3. The minimum absolute atomic E-state index is 0.263. The Bertz CT molecular complexity index is 366. The van der Waals surface area contributed by atoms with Crippen LogP contribution in [0.1, 0.15) is 30.1 Å². The lowest BCUT2D eigenvalue weighted by Crippen LogP contribution is -2.09. The topological polar surface area (TPSA) is 74.4 Å². The minimum Gasteiger partial charge on any atom is -0.477 e. The van der Waals surface area contributed by atoms with Gasteiger partial charge in [0.2, 0.25) is 5.88 Å². The Kier molecular flexibility index (Phi) is 4.57. The largest absolute Gasteiger partial charge is 0.477 e. The molecule has 0 aromatic carbocycles. The van der Waals surface area contributed by atoms with Crippen LogP contribution in [0.5, 0.6) is 5.88 Å². The number of nitrogens with two attached hydrogens (primary N) is 1. The number of nitrogen functional groups attached to an aromatic ring is 1. The summed E-state index contributed by atoms with van der Waals surface area (Å²) in [5.74, 6) is -0.221. The fourth-order valence-electron chi connectivity index (χ4n) is 1.15. The van der Waals surface area contributed by atoms with Crippen molar-refractivity contribution < 1.29 is 14.3 Å². The van der Waals surface area contributed by atoms with E-state index in [1.807, 2.05) is 0 Å². The number of hydrogen-bond acceptors (Lipinski definition) is 5. The van der Waals surface area contributed by atoms with E-state index in [2.05, 4.69) is 16.6 Å². The number of nitrogens with zero attached hydrogens (tertiary/aromatic N) is 1. The number of carbonyl (C=O) groups excluding carboxylic acids is 1. The molecular formula is C11H16N2O3. The minimum atomic E-state index is -0.494. The van der Waals surface area contributed by atoms with Crippen molar-refractivity contribution in [1.82, 2.24) is 4.98 Å². The first-order chi connectivity index (χ1) is 7.69. The number of rotatable bonds is 5. The summed E-state index contributed by atoms with van der Waals surface area (Å²) in [7, 11) is 1.31. The van der Waals surface area contributed by atoms with Gasteiger partial charge in [-0.25, -0.2) is 9.78 Å². The van der Waals surface area contributed by atoms with Crippen LogP contribution >= 0.6 is 0 Å². The van der Waals surface area contributed by atoms with Crippen molar-refractivity contribution in [2.45, 2.75) is 19.8 Å². The normalized spacial score (nSPS) is 9.88. The van der Waals surface area contributed by atoms with Crippen molar-refractivity contribution in [2.24, 2.45) is 0 Å². The third-order valence-corrected chi connectivity index (χ3v) is 2.01. The lowest BCUT2D eigenvalue weighted by atomic mass is 10.2. The van der Waals surface area contributed by atoms with E-state index in [1.165, 1.54) is 19.4 Å². The number of methoxy groups -OCH3 is 1. The van der Waals surface area contributed by atoms with E-state index < -0.39 is 5.97 Å². The molecule has 0 aliphatic heterocycles. The summed E-state index contributed by atoms with van der Waals surface area (Å²) >= 11 is 0. The first kappa shape index (κ1) is 12.3. The van der Waals surface area contributed by atoms with Crippen LogP contribution in [-0.2, 0) is 4.74 Å². The summed E-state index contributed by atoms with van der Waals surface area (Å²) in [6.45, 7) is 2.58. The third-order valence-electron chi connectivity index (χ3n) is 2.01. The van der Waals surface area contributed by atoms with Crippen LogP contribution in [0, 0.1) is 0 Å². The quantitative estimate of drug-likeness (QED) is 0.607. The molecule has 5 nitrogen and oxygen atoms in total. The fraction of sp³-hybridized carbons (Fsp3) is 0.455. The Morgan fingerprint density at radius 2 is 2.31 bits per heavy atom. The molecule has 0 radical (unpaired) electrons. The first-order valence-electron chi connectivity index (χ1n) is 5.15. The molecule has 0 fully saturated rings. The molecule has 16 heavy (non-hydrogen) atoms. The maximum atomic E-state index is 11.4. The summed E-state index contributed by atoms with van der Waals surface area (Å²) in [4.78, 5) is 15.4. The van der Waals surface area contributed by atoms with E-state index in [0.717, 1.165) is 12.8 Å². The molecule has 0 aliphatic rings. The molecule has 0 spiro atoms. The van der Waals surface area contributed by atoms with Gasteiger partial charge in [-0.2, -0.15) is 0 Å². The maximum absolute atomic E-state index is 11.4. The van der Waals surface area contributed by atoms with Crippen LogP contribution in [0.2, 0.25) is 0 Å². The lowest BCUT2D eigenvalue weighted by Gasteiger charge is -2.08. The van der Waals surface area contributed by atoms with Gasteiger partial charge < -0.3 is 15.2 Å². The second-order valence-corrected chi connectivity index (χ2v) is 3.31. The number of aromatic nitrogens is 1. The average molecular weight is 224 g/mol. The molecule has 2 N–H and O–H groups in total. The van der Waals surface area contributed by atoms with Gasteiger partial charge in [0.25, 0.3) is 0 Å². The van der Waals surface area contributed by atoms with Crippen molar-refractivity contribution in [3.63, 3.8) is 0 Å². The van der Waals surface area contributed by atoms with Gasteiger partial charge in [-0.15, -0.1) is 0 Å². The Balaban J connectivity index is 2.85. The van der Waals surface area contributed by atoms with Gasteiger partial charge in [0.05, 0.1) is 25.6 Å². The van der Waals surface area contributed by atoms with Gasteiger partial charge in [0.15, 0.2) is 0 Å².